The fourth-order valence-corrected chi connectivity index (χ4v) is 4.03. The van der Waals surface area contributed by atoms with E-state index < -0.39 is 0 Å². The van der Waals surface area contributed by atoms with E-state index >= 15 is 0 Å². The van der Waals surface area contributed by atoms with Crippen molar-refractivity contribution in [2.24, 2.45) is 5.10 Å². The number of hydrazone groups is 1. The van der Waals surface area contributed by atoms with E-state index in [1.54, 1.807) is 0 Å². The highest BCUT2D eigenvalue weighted by atomic mass is 35.5. The van der Waals surface area contributed by atoms with Crippen LogP contribution in [-0.2, 0) is 6.42 Å². The van der Waals surface area contributed by atoms with E-state index in [2.05, 4.69) is 22.6 Å². The molecule has 3 aromatic rings. The van der Waals surface area contributed by atoms with Crippen LogP contribution in [0.15, 0.2) is 77.9 Å². The van der Waals surface area contributed by atoms with Gasteiger partial charge in [-0.1, -0.05) is 54.1 Å². The van der Waals surface area contributed by atoms with E-state index in [-0.39, 0.29) is 11.9 Å². The molecule has 0 aromatic heterocycles. The van der Waals surface area contributed by atoms with Crippen LogP contribution in [0.5, 0.6) is 5.75 Å². The molecule has 0 saturated carbocycles. The fraction of sp³-hybridized carbons (Fsp3) is 0.167. The van der Waals surface area contributed by atoms with E-state index in [4.69, 9.17) is 16.3 Å². The third-order valence-electron chi connectivity index (χ3n) is 5.43. The van der Waals surface area contributed by atoms with Gasteiger partial charge in [0.05, 0.1) is 18.9 Å². The number of hydrogen-bond donors (Lipinski definition) is 1. The van der Waals surface area contributed by atoms with Gasteiger partial charge < -0.3 is 10.1 Å². The molecule has 150 valence electrons. The van der Waals surface area contributed by atoms with Gasteiger partial charge in [-0.05, 0) is 47.0 Å². The summed E-state index contributed by atoms with van der Waals surface area (Å²) in [4.78, 5) is 13.0. The first-order valence-electron chi connectivity index (χ1n) is 9.91. The molecule has 0 radical (unpaired) electrons. The van der Waals surface area contributed by atoms with Crippen molar-refractivity contribution in [3.05, 3.63) is 94.5 Å². The quantitative estimate of drug-likeness (QED) is 0.627. The van der Waals surface area contributed by atoms with Crippen LogP contribution in [0.2, 0.25) is 5.02 Å². The van der Waals surface area contributed by atoms with Gasteiger partial charge in [0.2, 0.25) is 0 Å². The maximum Gasteiger partial charge on any atom is 0.342 e. The lowest BCUT2D eigenvalue weighted by Crippen LogP contribution is -2.30. The minimum atomic E-state index is -0.251. The third kappa shape index (κ3) is 3.64. The molecule has 2 heterocycles. The predicted molar refractivity (Wildman–Crippen MR) is 119 cm³/mol. The summed E-state index contributed by atoms with van der Waals surface area (Å²) in [7, 11) is 0. The zero-order valence-corrected chi connectivity index (χ0v) is 17.0. The zero-order valence-electron chi connectivity index (χ0n) is 16.2. The standard InChI is InChI=1S/C24H20ClN3O2/c25-19-8-6-17(7-9-19)23-21(16-4-2-1-3-5-16)15-28(27-23)24(29)26-20-10-11-22-18(14-20)12-13-30-22/h1-11,14,21H,12-13,15H2,(H,26,29). The van der Waals surface area contributed by atoms with Crippen molar-refractivity contribution in [3.63, 3.8) is 0 Å². The molecule has 1 atom stereocenters. The van der Waals surface area contributed by atoms with E-state index in [1.165, 1.54) is 5.01 Å². The molecule has 2 amide bonds. The van der Waals surface area contributed by atoms with E-state index in [1.807, 2.05) is 60.7 Å². The van der Waals surface area contributed by atoms with Gasteiger partial charge in [0.25, 0.3) is 0 Å². The Hall–Kier alpha value is -3.31. The Bertz CT molecular complexity index is 1110. The zero-order chi connectivity index (χ0) is 20.5. The number of nitrogens with zero attached hydrogens (tertiary/aromatic N) is 2. The summed E-state index contributed by atoms with van der Waals surface area (Å²) >= 11 is 6.06. The van der Waals surface area contributed by atoms with Crippen molar-refractivity contribution in [2.45, 2.75) is 12.3 Å². The van der Waals surface area contributed by atoms with Crippen LogP contribution < -0.4 is 10.1 Å². The van der Waals surface area contributed by atoms with Crippen LogP contribution in [0.4, 0.5) is 10.5 Å². The number of nitrogens with one attached hydrogen (secondary N) is 1. The van der Waals surface area contributed by atoms with Gasteiger partial charge in [0, 0.05) is 23.0 Å². The molecule has 1 N–H and O–H groups in total. The van der Waals surface area contributed by atoms with Gasteiger partial charge in [-0.2, -0.15) is 5.10 Å². The molecule has 0 bridgehead atoms. The molecule has 5 rings (SSSR count). The molecule has 0 aliphatic carbocycles. The number of amides is 2. The minimum Gasteiger partial charge on any atom is -0.493 e. The Balaban J connectivity index is 1.42. The molecule has 30 heavy (non-hydrogen) atoms. The second-order valence-corrected chi connectivity index (χ2v) is 7.83. The number of hydrogen-bond acceptors (Lipinski definition) is 3. The summed E-state index contributed by atoms with van der Waals surface area (Å²) in [5, 5.41) is 9.83. The Morgan fingerprint density at radius 1 is 1.07 bits per heavy atom. The van der Waals surface area contributed by atoms with Gasteiger partial charge in [0.15, 0.2) is 0 Å². The second-order valence-electron chi connectivity index (χ2n) is 7.39. The van der Waals surface area contributed by atoms with Gasteiger partial charge in [-0.25, -0.2) is 9.80 Å². The van der Waals surface area contributed by atoms with Crippen LogP contribution in [0.1, 0.15) is 22.6 Å². The lowest BCUT2D eigenvalue weighted by atomic mass is 9.91. The average molecular weight is 418 g/mol. The number of benzene rings is 3. The van der Waals surface area contributed by atoms with Crippen molar-refractivity contribution in [1.82, 2.24) is 5.01 Å². The highest BCUT2D eigenvalue weighted by molar-refractivity contribution is 6.30. The Kier molecular flexibility index (Phi) is 4.89. The van der Waals surface area contributed by atoms with Crippen LogP contribution >= 0.6 is 11.6 Å². The summed E-state index contributed by atoms with van der Waals surface area (Å²) in [5.41, 5.74) is 4.79. The number of rotatable bonds is 3. The first-order valence-corrected chi connectivity index (χ1v) is 10.3. The largest absolute Gasteiger partial charge is 0.493 e. The summed E-state index contributed by atoms with van der Waals surface area (Å²) in [6.07, 6.45) is 0.859. The first kappa shape index (κ1) is 18.7. The van der Waals surface area contributed by atoms with E-state index in [9.17, 15) is 4.79 Å². The summed E-state index contributed by atoms with van der Waals surface area (Å²) in [6.45, 7) is 1.16. The molecule has 2 aliphatic heterocycles. The van der Waals surface area contributed by atoms with Gasteiger partial charge in [-0.3, -0.25) is 0 Å². The van der Waals surface area contributed by atoms with Crippen molar-refractivity contribution in [3.8, 4) is 5.75 Å². The molecular weight excluding hydrogens is 398 g/mol. The summed E-state index contributed by atoms with van der Waals surface area (Å²) < 4.78 is 5.54. The van der Waals surface area contributed by atoms with Gasteiger partial charge in [0.1, 0.15) is 5.75 Å². The Morgan fingerprint density at radius 3 is 2.67 bits per heavy atom. The lowest BCUT2D eigenvalue weighted by Gasteiger charge is -2.16. The van der Waals surface area contributed by atoms with Gasteiger partial charge in [-0.15, -0.1) is 0 Å². The van der Waals surface area contributed by atoms with Crippen molar-refractivity contribution in [2.75, 3.05) is 18.5 Å². The van der Waals surface area contributed by atoms with Crippen molar-refractivity contribution < 1.29 is 9.53 Å². The normalized spacial score (nSPS) is 17.3. The van der Waals surface area contributed by atoms with Crippen molar-refractivity contribution in [1.29, 1.82) is 0 Å². The Morgan fingerprint density at radius 2 is 1.87 bits per heavy atom. The fourth-order valence-electron chi connectivity index (χ4n) is 3.91. The number of ether oxygens (including phenoxy) is 1. The van der Waals surface area contributed by atoms with Crippen LogP contribution in [0.3, 0.4) is 0 Å². The molecule has 0 fully saturated rings. The van der Waals surface area contributed by atoms with E-state index in [0.29, 0.717) is 18.2 Å². The number of halogens is 1. The maximum atomic E-state index is 13.0. The van der Waals surface area contributed by atoms with Crippen LogP contribution in [0.25, 0.3) is 0 Å². The smallest absolute Gasteiger partial charge is 0.342 e. The summed E-state index contributed by atoms with van der Waals surface area (Å²) in [6, 6.07) is 23.2. The van der Waals surface area contributed by atoms with Crippen molar-refractivity contribution >= 4 is 29.0 Å². The van der Waals surface area contributed by atoms with Gasteiger partial charge >= 0.3 is 6.03 Å². The van der Waals surface area contributed by atoms with Crippen LogP contribution in [-0.4, -0.2) is 29.9 Å². The molecule has 3 aromatic carbocycles. The molecular formula is C24H20ClN3O2. The number of carbonyl (C=O) groups is 1. The molecule has 0 saturated heterocycles. The van der Waals surface area contributed by atoms with E-state index in [0.717, 1.165) is 40.3 Å². The van der Waals surface area contributed by atoms with Crippen LogP contribution in [0, 0.1) is 0 Å². The molecule has 0 spiro atoms. The molecule has 6 heteroatoms. The maximum absolute atomic E-state index is 13.0. The number of fused-ring (bicyclic) bond motifs is 1. The highest BCUT2D eigenvalue weighted by Crippen LogP contribution is 2.31. The average Bonchev–Trinajstić information content (AvgIpc) is 3.42. The second kappa shape index (κ2) is 7.84. The number of carbonyl (C=O) groups excluding carboxylic acids is 1. The lowest BCUT2D eigenvalue weighted by molar-refractivity contribution is 0.218. The number of urea groups is 1. The third-order valence-corrected chi connectivity index (χ3v) is 5.68. The monoisotopic (exact) mass is 417 g/mol. The highest BCUT2D eigenvalue weighted by Gasteiger charge is 2.32. The SMILES string of the molecule is O=C(Nc1ccc2c(c1)CCO2)N1CC(c2ccccc2)C(c2ccc(Cl)cc2)=N1. The number of anilines is 1. The summed E-state index contributed by atoms with van der Waals surface area (Å²) in [5.74, 6) is 0.882. The molecule has 5 nitrogen and oxygen atoms in total. The Labute approximate surface area is 179 Å². The molecule has 2 aliphatic rings. The molecule has 1 unspecified atom stereocenters. The predicted octanol–water partition coefficient (Wildman–Crippen LogP) is 5.31. The minimum absolute atomic E-state index is 0.00783. The first-order chi connectivity index (χ1) is 14.7. The topological polar surface area (TPSA) is 53.9 Å².